The first-order chi connectivity index (χ1) is 17.6. The van der Waals surface area contributed by atoms with Crippen molar-refractivity contribution in [3.63, 3.8) is 0 Å². The number of aromatic nitrogens is 1. The maximum Gasteiger partial charge on any atom is 0.410 e. The van der Waals surface area contributed by atoms with Crippen molar-refractivity contribution in [2.45, 2.75) is 45.3 Å². The number of morpholine rings is 1. The van der Waals surface area contributed by atoms with Crippen molar-refractivity contribution in [2.75, 3.05) is 50.9 Å². The molecule has 2 aliphatic heterocycles. The fourth-order valence-electron chi connectivity index (χ4n) is 4.16. The second kappa shape index (κ2) is 11.6. The van der Waals surface area contributed by atoms with Gasteiger partial charge in [0, 0.05) is 43.2 Å². The minimum Gasteiger partial charge on any atom is -0.480 e. The molecule has 9 nitrogen and oxygen atoms in total. The van der Waals surface area contributed by atoms with E-state index in [2.05, 4.69) is 15.2 Å². The number of nitrogens with one attached hydrogen (secondary N) is 1. The summed E-state index contributed by atoms with van der Waals surface area (Å²) in [4.78, 5) is 33.2. The third kappa shape index (κ3) is 7.07. The predicted molar refractivity (Wildman–Crippen MR) is 135 cm³/mol. The first-order valence-electron chi connectivity index (χ1n) is 12.3. The number of hydrogen-bond acceptors (Lipinski definition) is 8. The zero-order chi connectivity index (χ0) is 26.6. The van der Waals surface area contributed by atoms with Crippen molar-refractivity contribution >= 4 is 28.5 Å². The Bertz CT molecular complexity index is 1120. The molecule has 2 aliphatic rings. The van der Waals surface area contributed by atoms with Gasteiger partial charge in [0.25, 0.3) is 5.91 Å². The van der Waals surface area contributed by atoms with Gasteiger partial charge in [-0.3, -0.25) is 4.79 Å². The zero-order valence-corrected chi connectivity index (χ0v) is 22.0. The van der Waals surface area contributed by atoms with Gasteiger partial charge >= 0.3 is 6.09 Å². The van der Waals surface area contributed by atoms with Crippen LogP contribution in [0.4, 0.5) is 18.7 Å². The van der Waals surface area contributed by atoms with E-state index in [0.29, 0.717) is 57.9 Å². The van der Waals surface area contributed by atoms with Crippen LogP contribution in [0.5, 0.6) is 5.75 Å². The number of amides is 2. The lowest BCUT2D eigenvalue weighted by molar-refractivity contribution is -0.124. The van der Waals surface area contributed by atoms with Crippen molar-refractivity contribution in [3.8, 4) is 17.0 Å². The molecular formula is C25H32F2N4O5S. The molecule has 202 valence electrons. The number of hydrogen-bond donors (Lipinski definition) is 1. The van der Waals surface area contributed by atoms with E-state index in [0.717, 1.165) is 11.2 Å². The standard InChI is InChI=1S/C25H32F2N4O5S/c1-25(2,3)36-24(33)31-8-4-5-16(13-31)28-20(32)14-35-22-17(6-7-18(26)21(22)27)19-15-37-23(29-19)30-9-11-34-12-10-30/h6-7,15-16H,4-5,8-14H2,1-3H3,(H,28,32). The lowest BCUT2D eigenvalue weighted by Crippen LogP contribution is -2.51. The van der Waals surface area contributed by atoms with E-state index in [4.69, 9.17) is 14.2 Å². The van der Waals surface area contributed by atoms with Crippen molar-refractivity contribution in [3.05, 3.63) is 29.1 Å². The molecule has 2 amide bonds. The van der Waals surface area contributed by atoms with Crippen LogP contribution in [0.2, 0.25) is 0 Å². The highest BCUT2D eigenvalue weighted by Crippen LogP contribution is 2.36. The maximum absolute atomic E-state index is 14.8. The molecule has 1 aromatic heterocycles. The van der Waals surface area contributed by atoms with Gasteiger partial charge in [0.1, 0.15) is 5.60 Å². The average Bonchev–Trinajstić information content (AvgIpc) is 3.35. The van der Waals surface area contributed by atoms with E-state index in [1.165, 1.54) is 17.4 Å². The van der Waals surface area contributed by atoms with Gasteiger partial charge < -0.3 is 29.3 Å². The van der Waals surface area contributed by atoms with Gasteiger partial charge in [-0.1, -0.05) is 0 Å². The van der Waals surface area contributed by atoms with Crippen LogP contribution in [0.1, 0.15) is 33.6 Å². The van der Waals surface area contributed by atoms with Crippen LogP contribution in [-0.4, -0.2) is 79.5 Å². The molecule has 1 atom stereocenters. The predicted octanol–water partition coefficient (Wildman–Crippen LogP) is 3.82. The van der Waals surface area contributed by atoms with Crippen LogP contribution in [-0.2, 0) is 14.3 Å². The van der Waals surface area contributed by atoms with Crippen LogP contribution in [0.3, 0.4) is 0 Å². The van der Waals surface area contributed by atoms with E-state index in [1.807, 2.05) is 0 Å². The summed E-state index contributed by atoms with van der Waals surface area (Å²) < 4.78 is 45.1. The van der Waals surface area contributed by atoms with Gasteiger partial charge in [0.2, 0.25) is 5.82 Å². The molecule has 0 bridgehead atoms. The summed E-state index contributed by atoms with van der Waals surface area (Å²) in [6.07, 6.45) is 0.936. The molecule has 2 fully saturated rings. The van der Waals surface area contributed by atoms with Gasteiger partial charge in [0.05, 0.1) is 18.9 Å². The van der Waals surface area contributed by atoms with Crippen molar-refractivity contribution in [1.82, 2.24) is 15.2 Å². The SMILES string of the molecule is CC(C)(C)OC(=O)N1CCCC(NC(=O)COc2c(-c3csc(N4CCOCC4)n3)ccc(F)c2F)C1. The number of halogens is 2. The summed E-state index contributed by atoms with van der Waals surface area (Å²) in [6, 6.07) is 2.10. The zero-order valence-electron chi connectivity index (χ0n) is 21.2. The quantitative estimate of drug-likeness (QED) is 0.598. The van der Waals surface area contributed by atoms with Crippen LogP contribution >= 0.6 is 11.3 Å². The molecule has 3 heterocycles. The van der Waals surface area contributed by atoms with Gasteiger partial charge in [-0.2, -0.15) is 4.39 Å². The largest absolute Gasteiger partial charge is 0.480 e. The number of piperidine rings is 1. The molecule has 1 unspecified atom stereocenters. The molecule has 1 N–H and O–H groups in total. The normalized spacial score (nSPS) is 18.5. The molecule has 0 radical (unpaired) electrons. The number of anilines is 1. The number of benzene rings is 1. The van der Waals surface area contributed by atoms with Gasteiger partial charge in [-0.15, -0.1) is 11.3 Å². The molecule has 2 aromatic rings. The molecular weight excluding hydrogens is 506 g/mol. The Morgan fingerprint density at radius 1 is 1.22 bits per heavy atom. The van der Waals surface area contributed by atoms with E-state index in [-0.39, 0.29) is 17.4 Å². The van der Waals surface area contributed by atoms with Crippen LogP contribution in [0.15, 0.2) is 17.5 Å². The van der Waals surface area contributed by atoms with Gasteiger partial charge in [-0.05, 0) is 45.7 Å². The summed E-state index contributed by atoms with van der Waals surface area (Å²) in [5, 5.41) is 5.31. The molecule has 12 heteroatoms. The number of carbonyl (C=O) groups is 2. The average molecular weight is 539 g/mol. The Balaban J connectivity index is 1.39. The number of nitrogens with zero attached hydrogens (tertiary/aromatic N) is 3. The Kier molecular flexibility index (Phi) is 8.48. The second-order valence-corrected chi connectivity index (χ2v) is 10.8. The minimum absolute atomic E-state index is 0.260. The third-order valence-electron chi connectivity index (χ3n) is 5.89. The number of ether oxygens (including phenoxy) is 3. The number of rotatable bonds is 6. The van der Waals surface area contributed by atoms with Crippen LogP contribution in [0.25, 0.3) is 11.3 Å². The van der Waals surface area contributed by atoms with E-state index >= 15 is 0 Å². The minimum atomic E-state index is -1.18. The molecule has 2 saturated heterocycles. The third-order valence-corrected chi connectivity index (χ3v) is 6.79. The Morgan fingerprint density at radius 3 is 2.70 bits per heavy atom. The van der Waals surface area contributed by atoms with Gasteiger partial charge in [0.15, 0.2) is 23.3 Å². The first-order valence-corrected chi connectivity index (χ1v) is 13.2. The summed E-state index contributed by atoms with van der Waals surface area (Å²) in [7, 11) is 0. The second-order valence-electron chi connectivity index (χ2n) is 9.97. The highest BCUT2D eigenvalue weighted by molar-refractivity contribution is 7.14. The van der Waals surface area contributed by atoms with E-state index < -0.39 is 35.8 Å². The lowest BCUT2D eigenvalue weighted by atomic mass is 10.1. The van der Waals surface area contributed by atoms with Crippen molar-refractivity contribution < 1.29 is 32.6 Å². The summed E-state index contributed by atoms with van der Waals surface area (Å²) in [5.74, 6) is -3.13. The first kappa shape index (κ1) is 27.1. The number of carbonyl (C=O) groups excluding carboxylic acids is 2. The molecule has 37 heavy (non-hydrogen) atoms. The van der Waals surface area contributed by atoms with E-state index in [1.54, 1.807) is 31.1 Å². The summed E-state index contributed by atoms with van der Waals surface area (Å²) >= 11 is 1.39. The van der Waals surface area contributed by atoms with Gasteiger partial charge in [-0.25, -0.2) is 14.2 Å². The topological polar surface area (TPSA) is 93.2 Å². The fourth-order valence-corrected chi connectivity index (χ4v) is 5.04. The van der Waals surface area contributed by atoms with Crippen LogP contribution < -0.4 is 15.0 Å². The Morgan fingerprint density at radius 2 is 1.97 bits per heavy atom. The monoisotopic (exact) mass is 538 g/mol. The Hall–Kier alpha value is -2.99. The smallest absolute Gasteiger partial charge is 0.410 e. The van der Waals surface area contributed by atoms with Crippen molar-refractivity contribution in [1.29, 1.82) is 0 Å². The highest BCUT2D eigenvalue weighted by Gasteiger charge is 2.29. The highest BCUT2D eigenvalue weighted by atomic mass is 32.1. The summed E-state index contributed by atoms with van der Waals surface area (Å²) in [5.41, 5.74) is 0.0750. The van der Waals surface area contributed by atoms with Crippen LogP contribution in [0, 0.1) is 11.6 Å². The number of likely N-dealkylation sites (tertiary alicyclic amines) is 1. The maximum atomic E-state index is 14.8. The molecule has 4 rings (SSSR count). The lowest BCUT2D eigenvalue weighted by Gasteiger charge is -2.34. The van der Waals surface area contributed by atoms with Crippen molar-refractivity contribution in [2.24, 2.45) is 0 Å². The molecule has 0 aliphatic carbocycles. The Labute approximate surface area is 218 Å². The number of thiazole rings is 1. The molecule has 1 aromatic carbocycles. The molecule has 0 spiro atoms. The fraction of sp³-hybridized carbons (Fsp3) is 0.560. The van der Waals surface area contributed by atoms with E-state index in [9.17, 15) is 18.4 Å². The molecule has 0 saturated carbocycles. The summed E-state index contributed by atoms with van der Waals surface area (Å²) in [6.45, 7) is 8.28.